The molecule has 1 aromatic heterocycles. The average molecular weight is 207 g/mol. The maximum Gasteiger partial charge on any atom is 0.235 e. The summed E-state index contributed by atoms with van der Waals surface area (Å²) in [5.74, 6) is 1.11. The van der Waals surface area contributed by atoms with E-state index in [1.54, 1.807) is 19.5 Å². The molecule has 4 heteroatoms. The molecule has 0 aromatic carbocycles. The van der Waals surface area contributed by atoms with Gasteiger partial charge in [-0.2, -0.15) is 0 Å². The summed E-state index contributed by atoms with van der Waals surface area (Å²) in [5, 5.41) is 3.34. The van der Waals surface area contributed by atoms with Gasteiger partial charge in [0, 0.05) is 24.4 Å². The quantitative estimate of drug-likeness (QED) is 0.812. The van der Waals surface area contributed by atoms with E-state index in [0.29, 0.717) is 17.8 Å². The molecule has 0 amide bonds. The Bertz CT molecular complexity index is 329. The van der Waals surface area contributed by atoms with Gasteiger partial charge in [0.25, 0.3) is 0 Å². The fourth-order valence-corrected chi connectivity index (χ4v) is 2.38. The molecular weight excluding hydrogens is 190 g/mol. The van der Waals surface area contributed by atoms with Gasteiger partial charge in [-0.05, 0) is 19.9 Å². The molecule has 2 rings (SSSR count). The van der Waals surface area contributed by atoms with Crippen molar-refractivity contribution in [2.24, 2.45) is 0 Å². The summed E-state index contributed by atoms with van der Waals surface area (Å²) in [4.78, 5) is 8.60. The highest BCUT2D eigenvalue weighted by Crippen LogP contribution is 2.36. The molecule has 0 saturated heterocycles. The van der Waals surface area contributed by atoms with Crippen LogP contribution in [0.4, 0.5) is 0 Å². The Balaban J connectivity index is 2.27. The van der Waals surface area contributed by atoms with Gasteiger partial charge in [0.1, 0.15) is 5.69 Å². The zero-order chi connectivity index (χ0) is 10.7. The van der Waals surface area contributed by atoms with Gasteiger partial charge in [0.05, 0.1) is 7.11 Å². The fourth-order valence-electron chi connectivity index (χ4n) is 2.38. The first kappa shape index (κ1) is 10.4. The van der Waals surface area contributed by atoms with Crippen LogP contribution in [-0.4, -0.2) is 30.2 Å². The lowest BCUT2D eigenvalue weighted by atomic mass is 9.99. The Kier molecular flexibility index (Phi) is 3.16. The highest BCUT2D eigenvalue weighted by atomic mass is 16.5. The van der Waals surface area contributed by atoms with E-state index in [1.165, 1.54) is 19.3 Å². The summed E-state index contributed by atoms with van der Waals surface area (Å²) in [7, 11) is 3.66. The molecule has 1 heterocycles. The maximum absolute atomic E-state index is 5.25. The van der Waals surface area contributed by atoms with Crippen molar-refractivity contribution in [1.29, 1.82) is 0 Å². The van der Waals surface area contributed by atoms with Crippen molar-refractivity contribution in [1.82, 2.24) is 15.3 Å². The molecule has 0 aliphatic heterocycles. The van der Waals surface area contributed by atoms with Crippen LogP contribution in [0.1, 0.15) is 30.9 Å². The van der Waals surface area contributed by atoms with Crippen molar-refractivity contribution >= 4 is 0 Å². The number of rotatable bonds is 3. The van der Waals surface area contributed by atoms with Crippen LogP contribution in [0.2, 0.25) is 0 Å². The molecule has 0 radical (unpaired) electrons. The van der Waals surface area contributed by atoms with Gasteiger partial charge in [0.15, 0.2) is 0 Å². The Labute approximate surface area is 90.1 Å². The molecule has 4 nitrogen and oxygen atoms in total. The minimum Gasteiger partial charge on any atom is -0.480 e. The number of nitrogens with zero attached hydrogens (tertiary/aromatic N) is 2. The van der Waals surface area contributed by atoms with Crippen molar-refractivity contribution in [3.8, 4) is 5.88 Å². The number of hydrogen-bond acceptors (Lipinski definition) is 4. The van der Waals surface area contributed by atoms with Crippen molar-refractivity contribution in [3.05, 3.63) is 18.1 Å². The zero-order valence-electron chi connectivity index (χ0n) is 9.23. The lowest BCUT2D eigenvalue weighted by molar-refractivity contribution is 0.378. The molecule has 1 fully saturated rings. The molecule has 1 aliphatic carbocycles. The second-order valence-corrected chi connectivity index (χ2v) is 3.88. The van der Waals surface area contributed by atoms with Gasteiger partial charge >= 0.3 is 0 Å². The Morgan fingerprint density at radius 2 is 2.13 bits per heavy atom. The van der Waals surface area contributed by atoms with E-state index in [9.17, 15) is 0 Å². The predicted molar refractivity (Wildman–Crippen MR) is 58.0 cm³/mol. The largest absolute Gasteiger partial charge is 0.480 e. The third-order valence-electron chi connectivity index (χ3n) is 3.12. The first-order valence-corrected chi connectivity index (χ1v) is 5.39. The molecule has 1 aliphatic rings. The summed E-state index contributed by atoms with van der Waals surface area (Å²) < 4.78 is 5.25. The molecule has 1 N–H and O–H groups in total. The number of likely N-dealkylation sites (N-methyl/N-ethyl adjacent to an activating group) is 1. The van der Waals surface area contributed by atoms with Crippen LogP contribution in [-0.2, 0) is 0 Å². The average Bonchev–Trinajstić information content (AvgIpc) is 2.76. The number of methoxy groups -OCH3 is 1. The molecule has 82 valence electrons. The molecule has 0 spiro atoms. The van der Waals surface area contributed by atoms with Crippen LogP contribution in [0, 0.1) is 0 Å². The first-order chi connectivity index (χ1) is 7.36. The monoisotopic (exact) mass is 207 g/mol. The number of ether oxygens (including phenoxy) is 1. The van der Waals surface area contributed by atoms with Crippen LogP contribution in [0.25, 0.3) is 0 Å². The molecule has 1 aromatic rings. The van der Waals surface area contributed by atoms with Crippen molar-refractivity contribution < 1.29 is 4.74 Å². The molecular formula is C11H17N3O. The summed E-state index contributed by atoms with van der Waals surface area (Å²) >= 11 is 0. The van der Waals surface area contributed by atoms with Gasteiger partial charge in [-0.15, -0.1) is 0 Å². The lowest BCUT2D eigenvalue weighted by Gasteiger charge is -2.19. The SMILES string of the molecule is CNC1CCCC1c1nccnc1OC. The summed E-state index contributed by atoms with van der Waals surface area (Å²) in [6.07, 6.45) is 7.03. The number of hydrogen-bond donors (Lipinski definition) is 1. The standard InChI is InChI=1S/C11H17N3O/c1-12-9-5-3-4-8(9)10-11(15-2)14-7-6-13-10/h6-9,12H,3-5H2,1-2H3. The second kappa shape index (κ2) is 4.57. The lowest BCUT2D eigenvalue weighted by Crippen LogP contribution is -2.28. The Morgan fingerprint density at radius 1 is 1.33 bits per heavy atom. The molecule has 2 unspecified atom stereocenters. The van der Waals surface area contributed by atoms with Crippen molar-refractivity contribution in [2.45, 2.75) is 31.2 Å². The van der Waals surface area contributed by atoms with Crippen LogP contribution in [0.3, 0.4) is 0 Å². The van der Waals surface area contributed by atoms with Crippen LogP contribution >= 0.6 is 0 Å². The molecule has 15 heavy (non-hydrogen) atoms. The zero-order valence-corrected chi connectivity index (χ0v) is 9.23. The van der Waals surface area contributed by atoms with Gasteiger partial charge in [-0.1, -0.05) is 6.42 Å². The van der Waals surface area contributed by atoms with Crippen LogP contribution < -0.4 is 10.1 Å². The molecule has 0 bridgehead atoms. The first-order valence-electron chi connectivity index (χ1n) is 5.39. The van der Waals surface area contributed by atoms with Gasteiger partial charge in [-0.25, -0.2) is 4.98 Å². The van der Waals surface area contributed by atoms with Gasteiger partial charge < -0.3 is 10.1 Å². The molecule has 2 atom stereocenters. The van der Waals surface area contributed by atoms with Crippen molar-refractivity contribution in [3.63, 3.8) is 0 Å². The Hall–Kier alpha value is -1.16. The third kappa shape index (κ3) is 1.95. The Morgan fingerprint density at radius 3 is 2.87 bits per heavy atom. The smallest absolute Gasteiger partial charge is 0.235 e. The third-order valence-corrected chi connectivity index (χ3v) is 3.12. The van der Waals surface area contributed by atoms with E-state index < -0.39 is 0 Å². The fraction of sp³-hybridized carbons (Fsp3) is 0.636. The van der Waals surface area contributed by atoms with E-state index >= 15 is 0 Å². The number of aromatic nitrogens is 2. The van der Waals surface area contributed by atoms with E-state index in [1.807, 2.05) is 7.05 Å². The van der Waals surface area contributed by atoms with Gasteiger partial charge in [0.2, 0.25) is 5.88 Å². The normalized spacial score (nSPS) is 25.5. The number of nitrogens with one attached hydrogen (secondary N) is 1. The van der Waals surface area contributed by atoms with Crippen LogP contribution in [0.5, 0.6) is 5.88 Å². The topological polar surface area (TPSA) is 47.0 Å². The van der Waals surface area contributed by atoms with E-state index in [4.69, 9.17) is 4.74 Å². The van der Waals surface area contributed by atoms with Crippen LogP contribution in [0.15, 0.2) is 12.4 Å². The van der Waals surface area contributed by atoms with E-state index in [2.05, 4.69) is 15.3 Å². The molecule has 1 saturated carbocycles. The van der Waals surface area contributed by atoms with E-state index in [0.717, 1.165) is 5.69 Å². The van der Waals surface area contributed by atoms with E-state index in [-0.39, 0.29) is 0 Å². The highest BCUT2D eigenvalue weighted by Gasteiger charge is 2.30. The summed E-state index contributed by atoms with van der Waals surface area (Å²) in [6.45, 7) is 0. The van der Waals surface area contributed by atoms with Crippen molar-refractivity contribution in [2.75, 3.05) is 14.2 Å². The van der Waals surface area contributed by atoms with Gasteiger partial charge in [-0.3, -0.25) is 4.98 Å². The minimum absolute atomic E-state index is 0.443. The minimum atomic E-state index is 0.443. The maximum atomic E-state index is 5.25. The predicted octanol–water partition coefficient (Wildman–Crippen LogP) is 1.34. The highest BCUT2D eigenvalue weighted by molar-refractivity contribution is 5.24. The summed E-state index contributed by atoms with van der Waals surface area (Å²) in [5.41, 5.74) is 0.997. The summed E-state index contributed by atoms with van der Waals surface area (Å²) in [6, 6.07) is 0.510. The second-order valence-electron chi connectivity index (χ2n) is 3.88.